The van der Waals surface area contributed by atoms with Gasteiger partial charge in [0.05, 0.1) is 0 Å². The van der Waals surface area contributed by atoms with E-state index < -0.39 is 11.8 Å². The number of nitrogens with zero attached hydrogens (tertiary/aromatic N) is 1. The average Bonchev–Trinajstić information content (AvgIpc) is 2.54. The van der Waals surface area contributed by atoms with Gasteiger partial charge in [0.1, 0.15) is 0 Å². The summed E-state index contributed by atoms with van der Waals surface area (Å²) < 4.78 is 0. The highest BCUT2D eigenvalue weighted by atomic mass is 35.5. The Balaban J connectivity index is 1.66. The third-order valence-corrected chi connectivity index (χ3v) is 3.90. The van der Waals surface area contributed by atoms with Gasteiger partial charge in [-0.25, -0.2) is 0 Å². The highest BCUT2D eigenvalue weighted by Crippen LogP contribution is 2.14. The molecule has 120 valence electrons. The van der Waals surface area contributed by atoms with Gasteiger partial charge in [0.25, 0.3) is 0 Å². The Morgan fingerprint density at radius 2 is 1.82 bits per heavy atom. The first-order valence-electron chi connectivity index (χ1n) is 7.39. The van der Waals surface area contributed by atoms with Crippen molar-refractivity contribution in [2.75, 3.05) is 39.3 Å². The van der Waals surface area contributed by atoms with E-state index in [2.05, 4.69) is 20.9 Å². The molecule has 1 aromatic rings. The van der Waals surface area contributed by atoms with E-state index >= 15 is 0 Å². The number of halogens is 1. The predicted molar refractivity (Wildman–Crippen MR) is 85.6 cm³/mol. The van der Waals surface area contributed by atoms with Crippen molar-refractivity contribution in [3.8, 4) is 0 Å². The van der Waals surface area contributed by atoms with Crippen LogP contribution in [0.25, 0.3) is 0 Å². The van der Waals surface area contributed by atoms with Crippen molar-refractivity contribution < 1.29 is 9.59 Å². The third kappa shape index (κ3) is 5.29. The highest BCUT2D eigenvalue weighted by molar-refractivity contribution is 6.35. The van der Waals surface area contributed by atoms with E-state index in [-0.39, 0.29) is 6.54 Å². The van der Waals surface area contributed by atoms with Crippen molar-refractivity contribution in [3.63, 3.8) is 0 Å². The fraction of sp³-hybridized carbons (Fsp3) is 0.467. The fourth-order valence-electron chi connectivity index (χ4n) is 2.24. The lowest BCUT2D eigenvalue weighted by Crippen LogP contribution is -2.47. The number of amides is 2. The second-order valence-corrected chi connectivity index (χ2v) is 5.53. The molecule has 22 heavy (non-hydrogen) atoms. The van der Waals surface area contributed by atoms with Crippen LogP contribution in [0, 0.1) is 0 Å². The van der Waals surface area contributed by atoms with Crippen LogP contribution < -0.4 is 16.0 Å². The van der Waals surface area contributed by atoms with E-state index in [1.54, 1.807) is 6.07 Å². The first kappa shape index (κ1) is 16.7. The van der Waals surface area contributed by atoms with Crippen molar-refractivity contribution >= 4 is 23.4 Å². The Morgan fingerprint density at radius 1 is 1.14 bits per heavy atom. The Labute approximate surface area is 135 Å². The molecule has 0 saturated carbocycles. The van der Waals surface area contributed by atoms with Crippen LogP contribution in [-0.2, 0) is 16.1 Å². The van der Waals surface area contributed by atoms with E-state index in [0.29, 0.717) is 11.6 Å². The van der Waals surface area contributed by atoms with Gasteiger partial charge in [-0.1, -0.05) is 29.8 Å². The molecule has 0 aliphatic carbocycles. The van der Waals surface area contributed by atoms with Crippen molar-refractivity contribution in [2.45, 2.75) is 6.54 Å². The largest absolute Gasteiger partial charge is 0.347 e. The maximum Gasteiger partial charge on any atom is 0.309 e. The Morgan fingerprint density at radius 3 is 2.55 bits per heavy atom. The molecule has 2 amide bonds. The quantitative estimate of drug-likeness (QED) is 0.666. The number of carbonyl (C=O) groups excluding carboxylic acids is 2. The van der Waals surface area contributed by atoms with Gasteiger partial charge in [-0.05, 0) is 11.6 Å². The Hall–Kier alpha value is -1.63. The molecule has 2 rings (SSSR count). The molecule has 1 fully saturated rings. The summed E-state index contributed by atoms with van der Waals surface area (Å²) in [6.07, 6.45) is 0. The molecule has 0 aromatic heterocycles. The number of hydrogen-bond acceptors (Lipinski definition) is 4. The van der Waals surface area contributed by atoms with E-state index in [0.717, 1.165) is 38.3 Å². The minimum absolute atomic E-state index is 0.240. The zero-order valence-electron chi connectivity index (χ0n) is 12.4. The van der Waals surface area contributed by atoms with E-state index in [1.165, 1.54) is 0 Å². The van der Waals surface area contributed by atoms with Gasteiger partial charge in [0.2, 0.25) is 0 Å². The van der Waals surface area contributed by atoms with Gasteiger partial charge in [0.15, 0.2) is 0 Å². The zero-order chi connectivity index (χ0) is 15.8. The van der Waals surface area contributed by atoms with Gasteiger partial charge >= 0.3 is 11.8 Å². The number of piperazine rings is 1. The molecule has 1 heterocycles. The van der Waals surface area contributed by atoms with Gasteiger partial charge in [0, 0.05) is 50.8 Å². The number of carbonyl (C=O) groups is 2. The summed E-state index contributed by atoms with van der Waals surface area (Å²) >= 11 is 5.99. The van der Waals surface area contributed by atoms with E-state index in [9.17, 15) is 9.59 Å². The molecule has 6 nitrogen and oxygen atoms in total. The molecule has 1 aliphatic heterocycles. The molecule has 7 heteroatoms. The summed E-state index contributed by atoms with van der Waals surface area (Å²) in [6.45, 7) is 5.33. The number of nitrogens with one attached hydrogen (secondary N) is 3. The van der Waals surface area contributed by atoms with Crippen LogP contribution in [0.15, 0.2) is 24.3 Å². The maximum atomic E-state index is 11.7. The first-order chi connectivity index (χ1) is 10.7. The Kier molecular flexibility index (Phi) is 6.64. The second-order valence-electron chi connectivity index (χ2n) is 5.12. The number of hydrogen-bond donors (Lipinski definition) is 3. The van der Waals surface area contributed by atoms with Crippen LogP contribution in [0.2, 0.25) is 5.02 Å². The molecule has 0 radical (unpaired) electrons. The summed E-state index contributed by atoms with van der Waals surface area (Å²) in [5, 5.41) is 9.04. The average molecular weight is 325 g/mol. The van der Waals surface area contributed by atoms with Crippen LogP contribution >= 0.6 is 11.6 Å². The van der Waals surface area contributed by atoms with Gasteiger partial charge in [-0.3, -0.25) is 14.5 Å². The molecule has 0 bridgehead atoms. The fourth-order valence-corrected chi connectivity index (χ4v) is 2.44. The van der Waals surface area contributed by atoms with Crippen LogP contribution in [-0.4, -0.2) is 56.0 Å². The first-order valence-corrected chi connectivity index (χ1v) is 7.77. The van der Waals surface area contributed by atoms with Crippen molar-refractivity contribution in [1.29, 1.82) is 0 Å². The van der Waals surface area contributed by atoms with Crippen molar-refractivity contribution in [1.82, 2.24) is 20.9 Å². The monoisotopic (exact) mass is 324 g/mol. The normalized spacial score (nSPS) is 15.3. The molecule has 3 N–H and O–H groups in total. The highest BCUT2D eigenvalue weighted by Gasteiger charge is 2.14. The number of rotatable bonds is 5. The van der Waals surface area contributed by atoms with Crippen LogP contribution in [0.4, 0.5) is 0 Å². The van der Waals surface area contributed by atoms with Crippen molar-refractivity contribution in [2.24, 2.45) is 0 Å². The minimum atomic E-state index is -0.639. The van der Waals surface area contributed by atoms with Gasteiger partial charge in [-0.2, -0.15) is 0 Å². The molecule has 0 unspecified atom stereocenters. The zero-order valence-corrected chi connectivity index (χ0v) is 13.2. The lowest BCUT2D eigenvalue weighted by atomic mass is 10.2. The summed E-state index contributed by atoms with van der Waals surface area (Å²) in [5.41, 5.74) is 0.783. The molecular formula is C15H21ClN4O2. The summed E-state index contributed by atoms with van der Waals surface area (Å²) in [7, 11) is 0. The van der Waals surface area contributed by atoms with Gasteiger partial charge < -0.3 is 16.0 Å². The Bertz CT molecular complexity index is 518. The van der Waals surface area contributed by atoms with Crippen LogP contribution in [0.1, 0.15) is 5.56 Å². The third-order valence-electron chi connectivity index (χ3n) is 3.53. The molecule has 1 aliphatic rings. The molecule has 1 aromatic carbocycles. The SMILES string of the molecule is O=C(NCCN1CCNCC1)C(=O)NCc1ccccc1Cl. The summed E-state index contributed by atoms with van der Waals surface area (Å²) in [5.74, 6) is -1.25. The molecule has 0 spiro atoms. The molecule has 1 saturated heterocycles. The van der Waals surface area contributed by atoms with Crippen molar-refractivity contribution in [3.05, 3.63) is 34.9 Å². The summed E-state index contributed by atoms with van der Waals surface area (Å²) in [4.78, 5) is 25.7. The standard InChI is InChI=1S/C15H21ClN4O2/c16-13-4-2-1-3-12(13)11-19-15(22)14(21)18-7-10-20-8-5-17-6-9-20/h1-4,17H,5-11H2,(H,18,21)(H,19,22). The van der Waals surface area contributed by atoms with Crippen LogP contribution in [0.3, 0.4) is 0 Å². The van der Waals surface area contributed by atoms with E-state index in [4.69, 9.17) is 11.6 Å². The molecular weight excluding hydrogens is 304 g/mol. The number of benzene rings is 1. The molecule has 0 atom stereocenters. The van der Waals surface area contributed by atoms with E-state index in [1.807, 2.05) is 18.2 Å². The topological polar surface area (TPSA) is 73.5 Å². The van der Waals surface area contributed by atoms with Gasteiger partial charge in [-0.15, -0.1) is 0 Å². The predicted octanol–water partition coefficient (Wildman–Crippen LogP) is -0.0224. The lowest BCUT2D eigenvalue weighted by molar-refractivity contribution is -0.139. The summed E-state index contributed by atoms with van der Waals surface area (Å²) in [6, 6.07) is 7.21. The minimum Gasteiger partial charge on any atom is -0.347 e. The van der Waals surface area contributed by atoms with Crippen LogP contribution in [0.5, 0.6) is 0 Å². The lowest BCUT2D eigenvalue weighted by Gasteiger charge is -2.26. The smallest absolute Gasteiger partial charge is 0.309 e. The second kappa shape index (κ2) is 8.73. The maximum absolute atomic E-state index is 11.7.